The van der Waals surface area contributed by atoms with Gasteiger partial charge < -0.3 is 15.2 Å². The molecule has 3 atom stereocenters. The minimum atomic E-state index is 0.389. The number of aryl methyl sites for hydroxylation is 1. The summed E-state index contributed by atoms with van der Waals surface area (Å²) in [6.07, 6.45) is 6.22. The van der Waals surface area contributed by atoms with Gasteiger partial charge in [-0.3, -0.25) is 0 Å². The maximum atomic E-state index is 9.61. The molecule has 0 spiro atoms. The van der Waals surface area contributed by atoms with E-state index in [9.17, 15) is 5.11 Å². The molecule has 0 amide bonds. The van der Waals surface area contributed by atoms with Crippen molar-refractivity contribution in [1.29, 1.82) is 0 Å². The van der Waals surface area contributed by atoms with E-state index in [1.165, 1.54) is 30.4 Å². The molecule has 3 unspecified atom stereocenters. The second kappa shape index (κ2) is 6.15. The second-order valence-electron chi connectivity index (χ2n) is 6.10. The number of nitrogens with one attached hydrogen (secondary N) is 1. The van der Waals surface area contributed by atoms with Crippen molar-refractivity contribution in [2.24, 2.45) is 5.92 Å². The van der Waals surface area contributed by atoms with Crippen LogP contribution in [0.5, 0.6) is 5.75 Å². The molecular weight excluding hydrogens is 250 g/mol. The van der Waals surface area contributed by atoms with Gasteiger partial charge in [-0.2, -0.15) is 0 Å². The van der Waals surface area contributed by atoms with E-state index >= 15 is 0 Å². The van der Waals surface area contributed by atoms with E-state index in [0.29, 0.717) is 23.8 Å². The summed E-state index contributed by atoms with van der Waals surface area (Å²) >= 11 is 0. The lowest BCUT2D eigenvalue weighted by Crippen LogP contribution is -2.32. The maximum absolute atomic E-state index is 9.61. The van der Waals surface area contributed by atoms with E-state index in [1.54, 1.807) is 0 Å². The number of hydrogen-bond donors (Lipinski definition) is 2. The van der Waals surface area contributed by atoms with Crippen molar-refractivity contribution < 1.29 is 9.84 Å². The third-order valence-corrected chi connectivity index (χ3v) is 4.82. The smallest absolute Gasteiger partial charge is 0.115 e. The van der Waals surface area contributed by atoms with Crippen LogP contribution in [0.3, 0.4) is 0 Å². The molecule has 1 aliphatic carbocycles. The Kier molecular flexibility index (Phi) is 4.27. The van der Waals surface area contributed by atoms with Crippen LogP contribution >= 0.6 is 0 Å². The van der Waals surface area contributed by atoms with Gasteiger partial charge in [0.15, 0.2) is 0 Å². The van der Waals surface area contributed by atoms with E-state index in [1.807, 2.05) is 12.1 Å². The van der Waals surface area contributed by atoms with Crippen molar-refractivity contribution >= 4 is 0 Å². The average molecular weight is 275 g/mol. The number of hydrogen-bond acceptors (Lipinski definition) is 3. The fourth-order valence-corrected chi connectivity index (χ4v) is 3.68. The first-order valence-electron chi connectivity index (χ1n) is 7.94. The number of aromatic hydroxyl groups is 1. The lowest BCUT2D eigenvalue weighted by molar-refractivity contribution is 0.0864. The summed E-state index contributed by atoms with van der Waals surface area (Å²) in [5, 5.41) is 13.3. The number of benzene rings is 1. The molecule has 1 fully saturated rings. The molecule has 20 heavy (non-hydrogen) atoms. The molecule has 0 bridgehead atoms. The highest BCUT2D eigenvalue weighted by Crippen LogP contribution is 2.32. The Morgan fingerprint density at radius 2 is 2.25 bits per heavy atom. The SMILES string of the molecule is CCC1OCCC1CNC1CCCc2cc(O)ccc21. The van der Waals surface area contributed by atoms with Gasteiger partial charge in [-0.25, -0.2) is 0 Å². The average Bonchev–Trinajstić information content (AvgIpc) is 2.92. The van der Waals surface area contributed by atoms with Crippen molar-refractivity contribution in [3.05, 3.63) is 29.3 Å². The minimum Gasteiger partial charge on any atom is -0.508 e. The Bertz CT molecular complexity index is 460. The topological polar surface area (TPSA) is 41.5 Å². The van der Waals surface area contributed by atoms with Gasteiger partial charge in [0.2, 0.25) is 0 Å². The van der Waals surface area contributed by atoms with E-state index in [2.05, 4.69) is 18.3 Å². The zero-order chi connectivity index (χ0) is 13.9. The summed E-state index contributed by atoms with van der Waals surface area (Å²) in [6, 6.07) is 6.27. The molecule has 1 aliphatic heterocycles. The molecule has 2 N–H and O–H groups in total. The molecule has 110 valence electrons. The Balaban J connectivity index is 1.64. The first-order chi connectivity index (χ1) is 9.78. The van der Waals surface area contributed by atoms with Crippen molar-refractivity contribution in [3.63, 3.8) is 0 Å². The summed E-state index contributed by atoms with van der Waals surface area (Å²) in [4.78, 5) is 0. The number of fused-ring (bicyclic) bond motifs is 1. The Hall–Kier alpha value is -1.06. The molecule has 3 heteroatoms. The zero-order valence-electron chi connectivity index (χ0n) is 12.3. The van der Waals surface area contributed by atoms with Crippen molar-refractivity contribution in [2.45, 2.75) is 51.2 Å². The highest BCUT2D eigenvalue weighted by molar-refractivity contribution is 5.38. The third kappa shape index (κ3) is 2.84. The highest BCUT2D eigenvalue weighted by atomic mass is 16.5. The molecule has 0 aromatic heterocycles. The van der Waals surface area contributed by atoms with E-state index in [-0.39, 0.29) is 0 Å². The molecule has 3 rings (SSSR count). The predicted octanol–water partition coefficient (Wildman–Crippen LogP) is 3.17. The minimum absolute atomic E-state index is 0.389. The molecule has 0 saturated carbocycles. The number of ether oxygens (including phenoxy) is 1. The van der Waals surface area contributed by atoms with Crippen LogP contribution in [0, 0.1) is 5.92 Å². The van der Waals surface area contributed by atoms with Crippen LogP contribution in [-0.2, 0) is 11.2 Å². The largest absolute Gasteiger partial charge is 0.508 e. The van der Waals surface area contributed by atoms with Crippen LogP contribution in [-0.4, -0.2) is 24.4 Å². The molecule has 1 saturated heterocycles. The van der Waals surface area contributed by atoms with Gasteiger partial charge in [-0.15, -0.1) is 0 Å². The van der Waals surface area contributed by atoms with Crippen LogP contribution in [0.2, 0.25) is 0 Å². The van der Waals surface area contributed by atoms with E-state index in [0.717, 1.165) is 26.0 Å². The quantitative estimate of drug-likeness (QED) is 0.887. The van der Waals surface area contributed by atoms with Crippen LogP contribution in [0.25, 0.3) is 0 Å². The maximum Gasteiger partial charge on any atom is 0.115 e. The normalized spacial score (nSPS) is 29.4. The Morgan fingerprint density at radius 1 is 1.35 bits per heavy atom. The van der Waals surface area contributed by atoms with Crippen LogP contribution < -0.4 is 5.32 Å². The van der Waals surface area contributed by atoms with Gasteiger partial charge in [0.1, 0.15) is 5.75 Å². The fourth-order valence-electron chi connectivity index (χ4n) is 3.68. The van der Waals surface area contributed by atoms with Crippen molar-refractivity contribution in [2.75, 3.05) is 13.2 Å². The fraction of sp³-hybridized carbons (Fsp3) is 0.647. The van der Waals surface area contributed by atoms with Crippen molar-refractivity contribution in [1.82, 2.24) is 5.32 Å². The summed E-state index contributed by atoms with van der Waals surface area (Å²) < 4.78 is 5.77. The number of rotatable bonds is 4. The van der Waals surface area contributed by atoms with Gasteiger partial charge in [0.25, 0.3) is 0 Å². The molecule has 1 aromatic carbocycles. The number of phenols is 1. The molecule has 3 nitrogen and oxygen atoms in total. The van der Waals surface area contributed by atoms with Crippen LogP contribution in [0.4, 0.5) is 0 Å². The number of phenolic OH excluding ortho intramolecular Hbond substituents is 1. The molecular formula is C17H25NO2. The Morgan fingerprint density at radius 3 is 3.10 bits per heavy atom. The first kappa shape index (κ1) is 13.9. The standard InChI is InChI=1S/C17H25NO2/c1-2-17-13(8-9-20-17)11-18-16-5-3-4-12-10-14(19)6-7-15(12)16/h6-7,10,13,16-19H,2-5,8-9,11H2,1H3. The van der Waals surface area contributed by atoms with Crippen LogP contribution in [0.1, 0.15) is 49.8 Å². The molecule has 2 aliphatic rings. The molecule has 0 radical (unpaired) electrons. The molecule has 1 heterocycles. The third-order valence-electron chi connectivity index (χ3n) is 4.82. The van der Waals surface area contributed by atoms with E-state index < -0.39 is 0 Å². The van der Waals surface area contributed by atoms with Gasteiger partial charge in [0.05, 0.1) is 6.10 Å². The lowest BCUT2D eigenvalue weighted by atomic mass is 9.87. The second-order valence-corrected chi connectivity index (χ2v) is 6.10. The highest BCUT2D eigenvalue weighted by Gasteiger charge is 2.28. The lowest BCUT2D eigenvalue weighted by Gasteiger charge is -2.28. The summed E-state index contributed by atoms with van der Waals surface area (Å²) in [6.45, 7) is 4.17. The molecule has 1 aromatic rings. The van der Waals surface area contributed by atoms with Gasteiger partial charge in [-0.1, -0.05) is 13.0 Å². The van der Waals surface area contributed by atoms with Crippen LogP contribution in [0.15, 0.2) is 18.2 Å². The monoisotopic (exact) mass is 275 g/mol. The van der Waals surface area contributed by atoms with Crippen molar-refractivity contribution in [3.8, 4) is 5.75 Å². The van der Waals surface area contributed by atoms with Gasteiger partial charge >= 0.3 is 0 Å². The van der Waals surface area contributed by atoms with Gasteiger partial charge in [0, 0.05) is 19.2 Å². The Labute approximate surface area is 121 Å². The summed E-state index contributed by atoms with van der Waals surface area (Å²) in [5.41, 5.74) is 2.68. The predicted molar refractivity (Wildman–Crippen MR) is 79.9 cm³/mol. The van der Waals surface area contributed by atoms with E-state index in [4.69, 9.17) is 4.74 Å². The van der Waals surface area contributed by atoms with Gasteiger partial charge in [-0.05, 0) is 61.3 Å². The summed E-state index contributed by atoms with van der Waals surface area (Å²) in [5.74, 6) is 1.04. The zero-order valence-corrected chi connectivity index (χ0v) is 12.3. The first-order valence-corrected chi connectivity index (χ1v) is 7.94. The summed E-state index contributed by atoms with van der Waals surface area (Å²) in [7, 11) is 0.